The molecule has 0 aliphatic heterocycles. The third-order valence-corrected chi connectivity index (χ3v) is 1.61. The minimum Gasteiger partial charge on any atom is -0.275 e. The van der Waals surface area contributed by atoms with Crippen LogP contribution in [0.2, 0.25) is 0 Å². The monoisotopic (exact) mass is 172 g/mol. The van der Waals surface area contributed by atoms with E-state index in [-0.39, 0.29) is 5.56 Å². The highest BCUT2D eigenvalue weighted by molar-refractivity contribution is 6.67. The van der Waals surface area contributed by atoms with Gasteiger partial charge in [-0.1, -0.05) is 12.1 Å². The quantitative estimate of drug-likeness (QED) is 0.595. The Hall–Kier alpha value is -0.890. The van der Waals surface area contributed by atoms with Crippen molar-refractivity contribution >= 4 is 16.8 Å². The zero-order valence-corrected chi connectivity index (χ0v) is 6.65. The van der Waals surface area contributed by atoms with Crippen LogP contribution in [0.1, 0.15) is 15.9 Å². The first-order valence-electron chi connectivity index (χ1n) is 3.08. The van der Waals surface area contributed by atoms with Crippen LogP contribution in [0.15, 0.2) is 18.2 Å². The summed E-state index contributed by atoms with van der Waals surface area (Å²) in [4.78, 5) is 10.6. The molecule has 0 aliphatic carbocycles. The SMILES string of the molecule is Cc1cccc(F)c1C(=O)Cl. The molecule has 1 aromatic rings. The molecular weight excluding hydrogens is 167 g/mol. The molecule has 0 aromatic heterocycles. The highest BCUT2D eigenvalue weighted by Gasteiger charge is 2.10. The number of aryl methyl sites for hydroxylation is 1. The molecule has 0 amide bonds. The third kappa shape index (κ3) is 1.57. The maximum absolute atomic E-state index is 12.8. The fourth-order valence-corrected chi connectivity index (χ4v) is 1.12. The third-order valence-electron chi connectivity index (χ3n) is 1.42. The molecule has 0 unspecified atom stereocenters. The van der Waals surface area contributed by atoms with Gasteiger partial charge < -0.3 is 0 Å². The number of rotatable bonds is 1. The van der Waals surface area contributed by atoms with E-state index in [1.807, 2.05) is 0 Å². The Morgan fingerprint density at radius 2 is 2.18 bits per heavy atom. The Morgan fingerprint density at radius 3 is 2.55 bits per heavy atom. The van der Waals surface area contributed by atoms with Gasteiger partial charge in [-0.3, -0.25) is 4.79 Å². The largest absolute Gasteiger partial charge is 0.275 e. The predicted octanol–water partition coefficient (Wildman–Crippen LogP) is 2.51. The van der Waals surface area contributed by atoms with Gasteiger partial charge in [0, 0.05) is 0 Å². The van der Waals surface area contributed by atoms with Crippen molar-refractivity contribution in [2.45, 2.75) is 6.92 Å². The highest BCUT2D eigenvalue weighted by atomic mass is 35.5. The molecule has 1 rings (SSSR count). The summed E-state index contributed by atoms with van der Waals surface area (Å²) in [5, 5.41) is -0.749. The van der Waals surface area contributed by atoms with Crippen molar-refractivity contribution in [2.24, 2.45) is 0 Å². The number of carbonyl (C=O) groups is 1. The first-order chi connectivity index (χ1) is 5.13. The van der Waals surface area contributed by atoms with Crippen molar-refractivity contribution in [3.63, 3.8) is 0 Å². The van der Waals surface area contributed by atoms with Gasteiger partial charge in [0.1, 0.15) is 5.82 Å². The highest BCUT2D eigenvalue weighted by Crippen LogP contribution is 2.14. The molecule has 0 atom stereocenters. The number of carbonyl (C=O) groups excluding carboxylic acids is 1. The van der Waals surface area contributed by atoms with Gasteiger partial charge in [0.2, 0.25) is 0 Å². The zero-order chi connectivity index (χ0) is 8.43. The molecule has 1 nitrogen and oxygen atoms in total. The van der Waals surface area contributed by atoms with Crippen LogP contribution in [0.3, 0.4) is 0 Å². The van der Waals surface area contributed by atoms with Crippen molar-refractivity contribution in [3.05, 3.63) is 35.1 Å². The molecule has 1 aromatic carbocycles. The Bertz CT molecular complexity index is 276. The lowest BCUT2D eigenvalue weighted by molar-refractivity contribution is 0.107. The van der Waals surface area contributed by atoms with Crippen molar-refractivity contribution in [3.8, 4) is 0 Å². The van der Waals surface area contributed by atoms with Crippen molar-refractivity contribution in [1.29, 1.82) is 0 Å². The molecule has 0 saturated heterocycles. The minimum absolute atomic E-state index is 0.0332. The summed E-state index contributed by atoms with van der Waals surface area (Å²) in [7, 11) is 0. The van der Waals surface area contributed by atoms with E-state index in [1.54, 1.807) is 13.0 Å². The Labute approximate surface area is 68.8 Å². The van der Waals surface area contributed by atoms with E-state index in [1.165, 1.54) is 12.1 Å². The lowest BCUT2D eigenvalue weighted by Crippen LogP contribution is -1.97. The predicted molar refractivity (Wildman–Crippen MR) is 41.3 cm³/mol. The lowest BCUT2D eigenvalue weighted by atomic mass is 10.1. The number of benzene rings is 1. The van der Waals surface area contributed by atoms with Crippen LogP contribution in [-0.4, -0.2) is 5.24 Å². The molecule has 0 N–H and O–H groups in total. The molecule has 0 fully saturated rings. The van der Waals surface area contributed by atoms with Gasteiger partial charge in [-0.25, -0.2) is 4.39 Å². The zero-order valence-electron chi connectivity index (χ0n) is 5.90. The second-order valence-electron chi connectivity index (χ2n) is 2.21. The maximum Gasteiger partial charge on any atom is 0.255 e. The molecule has 3 heteroatoms. The Kier molecular flexibility index (Phi) is 2.25. The fraction of sp³-hybridized carbons (Fsp3) is 0.125. The van der Waals surface area contributed by atoms with Gasteiger partial charge >= 0.3 is 0 Å². The summed E-state index contributed by atoms with van der Waals surface area (Å²) in [5.41, 5.74) is 0.527. The van der Waals surface area contributed by atoms with E-state index < -0.39 is 11.1 Å². The summed E-state index contributed by atoms with van der Waals surface area (Å²) in [6.45, 7) is 1.64. The number of hydrogen-bond donors (Lipinski definition) is 0. The molecule has 0 radical (unpaired) electrons. The number of halogens is 2. The van der Waals surface area contributed by atoms with Crippen LogP contribution < -0.4 is 0 Å². The standard InChI is InChI=1S/C8H6ClFO/c1-5-3-2-4-6(10)7(5)8(9)11/h2-4H,1H3. The molecule has 0 saturated carbocycles. The second kappa shape index (κ2) is 3.01. The summed E-state index contributed by atoms with van der Waals surface area (Å²) in [6.07, 6.45) is 0. The molecule has 0 bridgehead atoms. The van der Waals surface area contributed by atoms with Crippen LogP contribution >= 0.6 is 11.6 Å². The summed E-state index contributed by atoms with van der Waals surface area (Å²) in [5.74, 6) is -0.565. The first kappa shape index (κ1) is 8.21. The van der Waals surface area contributed by atoms with Gasteiger partial charge in [-0.05, 0) is 30.2 Å². The van der Waals surface area contributed by atoms with E-state index >= 15 is 0 Å². The van der Waals surface area contributed by atoms with Crippen LogP contribution in [-0.2, 0) is 0 Å². The Morgan fingerprint density at radius 1 is 1.55 bits per heavy atom. The smallest absolute Gasteiger partial charge is 0.255 e. The van der Waals surface area contributed by atoms with Crippen LogP contribution in [0.5, 0.6) is 0 Å². The van der Waals surface area contributed by atoms with Gasteiger partial charge in [0.05, 0.1) is 5.56 Å². The van der Waals surface area contributed by atoms with Crippen LogP contribution in [0.4, 0.5) is 4.39 Å². The van der Waals surface area contributed by atoms with E-state index in [0.717, 1.165) is 0 Å². The number of hydrogen-bond acceptors (Lipinski definition) is 1. The first-order valence-corrected chi connectivity index (χ1v) is 3.45. The van der Waals surface area contributed by atoms with Gasteiger partial charge in [-0.2, -0.15) is 0 Å². The fourth-order valence-electron chi connectivity index (χ4n) is 0.881. The van der Waals surface area contributed by atoms with E-state index in [0.29, 0.717) is 5.56 Å². The molecule has 0 spiro atoms. The van der Waals surface area contributed by atoms with Crippen molar-refractivity contribution in [2.75, 3.05) is 0 Å². The van der Waals surface area contributed by atoms with E-state index in [9.17, 15) is 9.18 Å². The van der Waals surface area contributed by atoms with Gasteiger partial charge in [0.15, 0.2) is 0 Å². The molecule has 58 valence electrons. The van der Waals surface area contributed by atoms with Crippen molar-refractivity contribution < 1.29 is 9.18 Å². The average Bonchev–Trinajstić information content (AvgIpc) is 1.85. The lowest BCUT2D eigenvalue weighted by Gasteiger charge is -1.99. The van der Waals surface area contributed by atoms with E-state index in [2.05, 4.69) is 0 Å². The topological polar surface area (TPSA) is 17.1 Å². The summed E-state index contributed by atoms with van der Waals surface area (Å²) < 4.78 is 12.8. The summed E-state index contributed by atoms with van der Waals surface area (Å²) >= 11 is 5.13. The van der Waals surface area contributed by atoms with Crippen LogP contribution in [0.25, 0.3) is 0 Å². The van der Waals surface area contributed by atoms with Gasteiger partial charge in [-0.15, -0.1) is 0 Å². The minimum atomic E-state index is -0.749. The maximum atomic E-state index is 12.8. The average molecular weight is 173 g/mol. The Balaban J connectivity index is 3.32. The second-order valence-corrected chi connectivity index (χ2v) is 2.55. The van der Waals surface area contributed by atoms with Gasteiger partial charge in [0.25, 0.3) is 5.24 Å². The molecule has 0 heterocycles. The van der Waals surface area contributed by atoms with Crippen molar-refractivity contribution in [1.82, 2.24) is 0 Å². The summed E-state index contributed by atoms with van der Waals surface area (Å²) in [6, 6.07) is 4.38. The van der Waals surface area contributed by atoms with E-state index in [4.69, 9.17) is 11.6 Å². The molecule has 0 aliphatic rings. The van der Waals surface area contributed by atoms with Crippen LogP contribution in [0, 0.1) is 12.7 Å². The normalized spacial score (nSPS) is 9.73. The molecule has 11 heavy (non-hydrogen) atoms. The molecular formula is C8H6ClFO.